The lowest BCUT2D eigenvalue weighted by Gasteiger charge is -2.19. The zero-order valence-electron chi connectivity index (χ0n) is 14.1. The molecule has 8 heteroatoms. The van der Waals surface area contributed by atoms with Crippen LogP contribution < -0.4 is 26.3 Å². The molecule has 0 fully saturated rings. The van der Waals surface area contributed by atoms with Crippen molar-refractivity contribution < 1.29 is 19.1 Å². The van der Waals surface area contributed by atoms with Crippen LogP contribution in [0.2, 0.25) is 5.02 Å². The smallest absolute Gasteiger partial charge is 0.255 e. The summed E-state index contributed by atoms with van der Waals surface area (Å²) in [7, 11) is 1.41. The van der Waals surface area contributed by atoms with E-state index in [9.17, 15) is 9.59 Å². The van der Waals surface area contributed by atoms with Crippen molar-refractivity contribution >= 4 is 23.4 Å². The molecule has 0 saturated carbocycles. The second-order valence-electron chi connectivity index (χ2n) is 5.78. The summed E-state index contributed by atoms with van der Waals surface area (Å²) in [6, 6.07) is 2.80. The van der Waals surface area contributed by atoms with E-state index in [1.807, 2.05) is 0 Å². The van der Waals surface area contributed by atoms with Crippen molar-refractivity contribution in [3.63, 3.8) is 0 Å². The van der Waals surface area contributed by atoms with Crippen LogP contribution in [0, 0.1) is 5.92 Å². The lowest BCUT2D eigenvalue weighted by atomic mass is 10.0. The van der Waals surface area contributed by atoms with Crippen LogP contribution in [0.4, 0.5) is 0 Å². The molecule has 0 aromatic heterocycles. The van der Waals surface area contributed by atoms with Crippen LogP contribution in [-0.2, 0) is 4.79 Å². The van der Waals surface area contributed by atoms with Crippen molar-refractivity contribution in [2.75, 3.05) is 20.3 Å². The maximum Gasteiger partial charge on any atom is 0.255 e. The summed E-state index contributed by atoms with van der Waals surface area (Å²) in [5, 5.41) is 3.02. The minimum atomic E-state index is -0.644. The second kappa shape index (κ2) is 9.34. The Morgan fingerprint density at radius 1 is 1.33 bits per heavy atom. The van der Waals surface area contributed by atoms with Gasteiger partial charge >= 0.3 is 0 Å². The van der Waals surface area contributed by atoms with Gasteiger partial charge in [0.15, 0.2) is 18.1 Å². The molecule has 0 bridgehead atoms. The number of carbonyl (C=O) groups excluding carboxylic acids is 2. The molecule has 7 nitrogen and oxygen atoms in total. The van der Waals surface area contributed by atoms with Crippen molar-refractivity contribution in [3.8, 4) is 11.5 Å². The topological polar surface area (TPSA) is 117 Å². The fourth-order valence-corrected chi connectivity index (χ4v) is 2.45. The van der Waals surface area contributed by atoms with Gasteiger partial charge < -0.3 is 26.3 Å². The summed E-state index contributed by atoms with van der Waals surface area (Å²) in [4.78, 5) is 23.2. The van der Waals surface area contributed by atoms with E-state index in [0.29, 0.717) is 18.0 Å². The Labute approximate surface area is 146 Å². The fourth-order valence-electron chi connectivity index (χ4n) is 2.19. The Morgan fingerprint density at radius 2 is 2.00 bits per heavy atom. The average Bonchev–Trinajstić information content (AvgIpc) is 2.51. The molecule has 0 spiro atoms. The molecular weight excluding hydrogens is 334 g/mol. The molecule has 1 rings (SSSR count). The quantitative estimate of drug-likeness (QED) is 0.616. The minimum Gasteiger partial charge on any atom is -0.493 e. The van der Waals surface area contributed by atoms with Gasteiger partial charge in [-0.1, -0.05) is 25.4 Å². The van der Waals surface area contributed by atoms with E-state index >= 15 is 0 Å². The first kappa shape index (κ1) is 20.1. The zero-order valence-corrected chi connectivity index (χ0v) is 14.9. The lowest BCUT2D eigenvalue weighted by molar-refractivity contribution is -0.119. The van der Waals surface area contributed by atoms with Crippen molar-refractivity contribution in [3.05, 3.63) is 22.7 Å². The molecule has 2 amide bonds. The molecule has 1 unspecified atom stereocenters. The van der Waals surface area contributed by atoms with Crippen molar-refractivity contribution in [2.24, 2.45) is 17.4 Å². The highest BCUT2D eigenvalue weighted by Crippen LogP contribution is 2.36. The van der Waals surface area contributed by atoms with Gasteiger partial charge in [0.2, 0.25) is 0 Å². The lowest BCUT2D eigenvalue weighted by Crippen LogP contribution is -2.41. The number of amides is 2. The van der Waals surface area contributed by atoms with Crippen LogP contribution in [0.5, 0.6) is 11.5 Å². The number of carbonyl (C=O) groups is 2. The van der Waals surface area contributed by atoms with Crippen LogP contribution in [0.1, 0.15) is 30.6 Å². The number of primary amides is 1. The van der Waals surface area contributed by atoms with E-state index in [1.54, 1.807) is 0 Å². The van der Waals surface area contributed by atoms with Gasteiger partial charge in [-0.2, -0.15) is 0 Å². The summed E-state index contributed by atoms with van der Waals surface area (Å²) in [5.41, 5.74) is 11.1. The molecule has 0 aliphatic carbocycles. The maximum atomic E-state index is 12.4. The summed E-state index contributed by atoms with van der Waals surface area (Å²) < 4.78 is 10.4. The van der Waals surface area contributed by atoms with Crippen LogP contribution >= 0.6 is 11.6 Å². The Balaban J connectivity index is 2.97. The van der Waals surface area contributed by atoms with E-state index in [4.69, 9.17) is 32.5 Å². The van der Waals surface area contributed by atoms with Crippen molar-refractivity contribution in [2.45, 2.75) is 26.3 Å². The molecule has 0 radical (unpaired) electrons. The van der Waals surface area contributed by atoms with Gasteiger partial charge in [-0.25, -0.2) is 0 Å². The standard InChI is InChI=1S/C16H24ClN3O4/c1-9(2)4-11(7-18)20-16(22)10-5-12(17)15(13(6-10)23-3)24-8-14(19)21/h5-6,9,11H,4,7-8,18H2,1-3H3,(H2,19,21)(H,20,22). The third kappa shape index (κ3) is 5.90. The minimum absolute atomic E-state index is 0.131. The number of halogens is 1. The SMILES string of the molecule is COc1cc(C(=O)NC(CN)CC(C)C)cc(Cl)c1OCC(N)=O. The molecule has 24 heavy (non-hydrogen) atoms. The van der Waals surface area contributed by atoms with E-state index in [0.717, 1.165) is 6.42 Å². The number of nitrogens with one attached hydrogen (secondary N) is 1. The normalized spacial score (nSPS) is 11.9. The number of hydrogen-bond acceptors (Lipinski definition) is 5. The predicted octanol–water partition coefficient (Wildman–Crippen LogP) is 1.32. The number of hydrogen-bond donors (Lipinski definition) is 3. The van der Waals surface area contributed by atoms with Gasteiger partial charge in [-0.05, 0) is 24.5 Å². The van der Waals surface area contributed by atoms with Crippen LogP contribution in [0.3, 0.4) is 0 Å². The third-order valence-electron chi connectivity index (χ3n) is 3.23. The largest absolute Gasteiger partial charge is 0.493 e. The number of methoxy groups -OCH3 is 1. The Hall–Kier alpha value is -1.99. The van der Waals surface area contributed by atoms with E-state index in [2.05, 4.69) is 19.2 Å². The summed E-state index contributed by atoms with van der Waals surface area (Å²) >= 11 is 6.13. The molecule has 0 aliphatic rings. The van der Waals surface area contributed by atoms with Gasteiger partial charge in [0, 0.05) is 18.2 Å². The first-order valence-corrected chi connectivity index (χ1v) is 7.95. The maximum absolute atomic E-state index is 12.4. The van der Waals surface area contributed by atoms with Crippen LogP contribution in [0.15, 0.2) is 12.1 Å². The number of ether oxygens (including phenoxy) is 2. The number of nitrogens with two attached hydrogens (primary N) is 2. The molecular formula is C16H24ClN3O4. The van der Waals surface area contributed by atoms with Crippen LogP contribution in [0.25, 0.3) is 0 Å². The molecule has 134 valence electrons. The van der Waals surface area contributed by atoms with E-state index in [1.165, 1.54) is 19.2 Å². The molecule has 1 aromatic rings. The van der Waals surface area contributed by atoms with Crippen molar-refractivity contribution in [1.29, 1.82) is 0 Å². The Morgan fingerprint density at radius 3 is 2.50 bits per heavy atom. The Kier molecular flexibility index (Phi) is 7.81. The highest BCUT2D eigenvalue weighted by molar-refractivity contribution is 6.32. The molecule has 1 atom stereocenters. The number of benzene rings is 1. The second-order valence-corrected chi connectivity index (χ2v) is 6.19. The zero-order chi connectivity index (χ0) is 18.3. The van der Waals surface area contributed by atoms with Gasteiger partial charge in [0.05, 0.1) is 12.1 Å². The Bertz CT molecular complexity index is 593. The van der Waals surface area contributed by atoms with Gasteiger partial charge in [0.25, 0.3) is 11.8 Å². The third-order valence-corrected chi connectivity index (χ3v) is 3.51. The predicted molar refractivity (Wildman–Crippen MR) is 92.5 cm³/mol. The van der Waals surface area contributed by atoms with Gasteiger partial charge in [0.1, 0.15) is 0 Å². The summed E-state index contributed by atoms with van der Waals surface area (Å²) in [5.74, 6) is -0.155. The van der Waals surface area contributed by atoms with E-state index < -0.39 is 5.91 Å². The highest BCUT2D eigenvalue weighted by Gasteiger charge is 2.19. The first-order chi connectivity index (χ1) is 11.3. The molecule has 5 N–H and O–H groups in total. The van der Waals surface area contributed by atoms with Gasteiger partial charge in [-0.3, -0.25) is 9.59 Å². The average molecular weight is 358 g/mol. The highest BCUT2D eigenvalue weighted by atomic mass is 35.5. The van der Waals surface area contributed by atoms with Crippen molar-refractivity contribution in [1.82, 2.24) is 5.32 Å². The van der Waals surface area contributed by atoms with E-state index in [-0.39, 0.29) is 35.1 Å². The molecule has 1 aromatic carbocycles. The molecule has 0 aliphatic heterocycles. The number of rotatable bonds is 9. The fraction of sp³-hybridized carbons (Fsp3) is 0.500. The summed E-state index contributed by atoms with van der Waals surface area (Å²) in [6.45, 7) is 4.11. The molecule has 0 saturated heterocycles. The summed E-state index contributed by atoms with van der Waals surface area (Å²) in [6.07, 6.45) is 0.771. The van der Waals surface area contributed by atoms with Gasteiger partial charge in [-0.15, -0.1) is 0 Å². The first-order valence-electron chi connectivity index (χ1n) is 7.58. The van der Waals surface area contributed by atoms with Crippen LogP contribution in [-0.4, -0.2) is 38.1 Å². The molecule has 0 heterocycles. The monoisotopic (exact) mass is 357 g/mol.